The van der Waals surface area contributed by atoms with Gasteiger partial charge in [0.15, 0.2) is 0 Å². The number of hydrogen-bond acceptors (Lipinski definition) is 4. The molecule has 0 radical (unpaired) electrons. The van der Waals surface area contributed by atoms with Gasteiger partial charge in [-0.1, -0.05) is 6.07 Å². The van der Waals surface area contributed by atoms with Crippen LogP contribution >= 0.6 is 0 Å². The Hall–Kier alpha value is -2.47. The number of aromatic nitrogens is 2. The number of aryl methyl sites for hydroxylation is 1. The van der Waals surface area contributed by atoms with Gasteiger partial charge in [-0.25, -0.2) is 4.79 Å². The molecule has 6 nitrogen and oxygen atoms in total. The predicted octanol–water partition coefficient (Wildman–Crippen LogP) is 1.76. The number of carbonyl (C=O) groups is 1. The summed E-state index contributed by atoms with van der Waals surface area (Å²) in [4.78, 5) is 20.2. The molecule has 0 aliphatic carbocycles. The fraction of sp³-hybridized carbons (Fsp3) is 0.312. The van der Waals surface area contributed by atoms with Crippen LogP contribution in [0.15, 0.2) is 42.7 Å². The highest BCUT2D eigenvalue weighted by Gasteiger charge is 2.11. The minimum Gasteiger partial charge on any atom is -0.396 e. The fourth-order valence-corrected chi connectivity index (χ4v) is 2.05. The van der Waals surface area contributed by atoms with E-state index in [4.69, 9.17) is 0 Å². The molecule has 0 spiro atoms. The van der Waals surface area contributed by atoms with Gasteiger partial charge in [-0.3, -0.25) is 9.97 Å². The summed E-state index contributed by atoms with van der Waals surface area (Å²) in [6.45, 7) is 2.23. The molecule has 2 aromatic rings. The predicted molar refractivity (Wildman–Crippen MR) is 84.5 cm³/mol. The minimum atomic E-state index is -0.301. The fourth-order valence-electron chi connectivity index (χ4n) is 2.05. The summed E-state index contributed by atoms with van der Waals surface area (Å²) in [5.41, 5.74) is 2.42. The van der Waals surface area contributed by atoms with Crippen LogP contribution in [0.3, 0.4) is 0 Å². The Morgan fingerprint density at radius 3 is 2.82 bits per heavy atom. The molecule has 0 aromatic carbocycles. The average Bonchev–Trinajstić information content (AvgIpc) is 2.52. The summed E-state index contributed by atoms with van der Waals surface area (Å²) >= 11 is 0. The van der Waals surface area contributed by atoms with Gasteiger partial charge in [-0.15, -0.1) is 0 Å². The Morgan fingerprint density at radius 2 is 2.14 bits per heavy atom. The standard InChI is InChI=1S/C16H20N4O2/c1-12-8-15(5-7-17-12)20-16(22)19-10-13(11-21)9-14-4-2-3-6-18-14/h2-8,13,21H,9-11H2,1H3,(H2,17,19,20,22). The molecule has 3 N–H and O–H groups in total. The number of amides is 2. The molecule has 0 saturated carbocycles. The molecule has 1 atom stereocenters. The van der Waals surface area contributed by atoms with Crippen molar-refractivity contribution < 1.29 is 9.90 Å². The number of carbonyl (C=O) groups excluding carboxylic acids is 1. The average molecular weight is 300 g/mol. The lowest BCUT2D eigenvalue weighted by atomic mass is 10.0. The summed E-state index contributed by atoms with van der Waals surface area (Å²) in [6, 6.07) is 8.87. The van der Waals surface area contributed by atoms with Crippen LogP contribution in [0.4, 0.5) is 10.5 Å². The Balaban J connectivity index is 1.81. The zero-order valence-corrected chi connectivity index (χ0v) is 12.5. The number of aliphatic hydroxyl groups is 1. The van der Waals surface area contributed by atoms with E-state index in [0.717, 1.165) is 11.4 Å². The molecule has 2 heterocycles. The van der Waals surface area contributed by atoms with Crippen molar-refractivity contribution in [2.24, 2.45) is 5.92 Å². The van der Waals surface area contributed by atoms with Crippen molar-refractivity contribution in [1.29, 1.82) is 0 Å². The number of aliphatic hydroxyl groups excluding tert-OH is 1. The lowest BCUT2D eigenvalue weighted by Gasteiger charge is -2.15. The number of pyridine rings is 2. The van der Waals surface area contributed by atoms with Gasteiger partial charge >= 0.3 is 6.03 Å². The van der Waals surface area contributed by atoms with Gasteiger partial charge in [0.05, 0.1) is 0 Å². The van der Waals surface area contributed by atoms with Gasteiger partial charge in [0.2, 0.25) is 0 Å². The van der Waals surface area contributed by atoms with E-state index in [2.05, 4.69) is 20.6 Å². The van der Waals surface area contributed by atoms with Crippen LogP contribution in [0, 0.1) is 12.8 Å². The molecule has 22 heavy (non-hydrogen) atoms. The number of nitrogens with zero attached hydrogens (tertiary/aromatic N) is 2. The highest BCUT2D eigenvalue weighted by Crippen LogP contribution is 2.07. The SMILES string of the molecule is Cc1cc(NC(=O)NCC(CO)Cc2ccccn2)ccn1. The maximum absolute atomic E-state index is 11.9. The normalized spacial score (nSPS) is 11.7. The molecule has 2 rings (SSSR count). The number of rotatable bonds is 6. The zero-order valence-electron chi connectivity index (χ0n) is 12.5. The van der Waals surface area contributed by atoms with Crippen LogP contribution in [-0.2, 0) is 6.42 Å². The highest BCUT2D eigenvalue weighted by atomic mass is 16.3. The van der Waals surface area contributed by atoms with E-state index in [1.807, 2.05) is 25.1 Å². The summed E-state index contributed by atoms with van der Waals surface area (Å²) in [5, 5.41) is 14.9. The van der Waals surface area contributed by atoms with E-state index in [-0.39, 0.29) is 18.6 Å². The van der Waals surface area contributed by atoms with Gasteiger partial charge < -0.3 is 15.7 Å². The molecule has 1 unspecified atom stereocenters. The lowest BCUT2D eigenvalue weighted by Crippen LogP contribution is -2.35. The third kappa shape index (κ3) is 5.14. The Labute approximate surface area is 129 Å². The van der Waals surface area contributed by atoms with Crippen molar-refractivity contribution in [3.63, 3.8) is 0 Å². The lowest BCUT2D eigenvalue weighted by molar-refractivity contribution is 0.217. The molecule has 0 aliphatic heterocycles. The third-order valence-electron chi connectivity index (χ3n) is 3.19. The maximum atomic E-state index is 11.9. The van der Waals surface area contributed by atoms with E-state index in [1.54, 1.807) is 24.5 Å². The molecule has 0 fully saturated rings. The van der Waals surface area contributed by atoms with E-state index in [0.29, 0.717) is 18.7 Å². The van der Waals surface area contributed by atoms with Gasteiger partial charge in [0.25, 0.3) is 0 Å². The van der Waals surface area contributed by atoms with E-state index in [1.165, 1.54) is 0 Å². The number of hydrogen-bond donors (Lipinski definition) is 3. The topological polar surface area (TPSA) is 87.1 Å². The Kier molecular flexibility index (Phi) is 5.85. The number of anilines is 1. The van der Waals surface area contributed by atoms with Gasteiger partial charge in [-0.2, -0.15) is 0 Å². The summed E-state index contributed by atoms with van der Waals surface area (Å²) in [7, 11) is 0. The van der Waals surface area contributed by atoms with Crippen LogP contribution in [0.2, 0.25) is 0 Å². The molecule has 0 saturated heterocycles. The highest BCUT2D eigenvalue weighted by molar-refractivity contribution is 5.89. The number of urea groups is 1. The first kappa shape index (κ1) is 15.9. The Bertz CT molecular complexity index is 604. The van der Waals surface area contributed by atoms with Crippen molar-refractivity contribution >= 4 is 11.7 Å². The van der Waals surface area contributed by atoms with Gasteiger partial charge in [0, 0.05) is 48.5 Å². The first-order valence-corrected chi connectivity index (χ1v) is 7.15. The smallest absolute Gasteiger partial charge is 0.319 e. The monoisotopic (exact) mass is 300 g/mol. The van der Waals surface area contributed by atoms with Crippen molar-refractivity contribution in [3.8, 4) is 0 Å². The summed E-state index contributed by atoms with van der Waals surface area (Å²) < 4.78 is 0. The third-order valence-corrected chi connectivity index (χ3v) is 3.19. The molecule has 0 aliphatic rings. The molecule has 2 amide bonds. The van der Waals surface area contributed by atoms with Crippen LogP contribution in [0.1, 0.15) is 11.4 Å². The molecule has 0 bridgehead atoms. The van der Waals surface area contributed by atoms with Crippen LogP contribution in [-0.4, -0.2) is 34.3 Å². The largest absolute Gasteiger partial charge is 0.396 e. The second-order valence-electron chi connectivity index (χ2n) is 5.09. The molecule has 6 heteroatoms. The van der Waals surface area contributed by atoms with E-state index >= 15 is 0 Å². The van der Waals surface area contributed by atoms with Crippen molar-refractivity contribution in [1.82, 2.24) is 15.3 Å². The molecule has 116 valence electrons. The molecular weight excluding hydrogens is 280 g/mol. The molecule has 2 aromatic heterocycles. The van der Waals surface area contributed by atoms with Crippen molar-refractivity contribution in [2.45, 2.75) is 13.3 Å². The maximum Gasteiger partial charge on any atom is 0.319 e. The second-order valence-corrected chi connectivity index (χ2v) is 5.09. The van der Waals surface area contributed by atoms with E-state index < -0.39 is 0 Å². The second kappa shape index (κ2) is 8.09. The Morgan fingerprint density at radius 1 is 1.27 bits per heavy atom. The quantitative estimate of drug-likeness (QED) is 0.758. The first-order valence-electron chi connectivity index (χ1n) is 7.15. The zero-order chi connectivity index (χ0) is 15.8. The van der Waals surface area contributed by atoms with Crippen molar-refractivity contribution in [3.05, 3.63) is 54.1 Å². The summed E-state index contributed by atoms with van der Waals surface area (Å²) in [6.07, 6.45) is 3.98. The van der Waals surface area contributed by atoms with Crippen molar-refractivity contribution in [2.75, 3.05) is 18.5 Å². The van der Waals surface area contributed by atoms with Gasteiger partial charge in [0.1, 0.15) is 0 Å². The van der Waals surface area contributed by atoms with Crippen LogP contribution in [0.5, 0.6) is 0 Å². The van der Waals surface area contributed by atoms with Gasteiger partial charge in [-0.05, 0) is 37.6 Å². The summed E-state index contributed by atoms with van der Waals surface area (Å²) in [5.74, 6) is -0.0696. The van der Waals surface area contributed by atoms with Crippen LogP contribution < -0.4 is 10.6 Å². The van der Waals surface area contributed by atoms with E-state index in [9.17, 15) is 9.90 Å². The molecular formula is C16H20N4O2. The minimum absolute atomic E-state index is 0.00871. The van der Waals surface area contributed by atoms with Crippen LogP contribution in [0.25, 0.3) is 0 Å². The first-order chi connectivity index (χ1) is 10.7. The number of nitrogens with one attached hydrogen (secondary N) is 2.